The molecule has 114 valence electrons. The number of rotatable bonds is 4. The molecule has 5 nitrogen and oxygen atoms in total. The topological polar surface area (TPSA) is 67.4 Å². The highest BCUT2D eigenvalue weighted by Crippen LogP contribution is 2.21. The molecule has 0 spiro atoms. The van der Waals surface area contributed by atoms with Crippen molar-refractivity contribution in [3.63, 3.8) is 0 Å². The average molecular weight is 363 g/mol. The molecule has 2 aromatic heterocycles. The maximum absolute atomic E-state index is 11.9. The second-order valence-corrected chi connectivity index (χ2v) is 5.86. The van der Waals surface area contributed by atoms with Gasteiger partial charge in [-0.1, -0.05) is 6.07 Å². The van der Waals surface area contributed by atoms with Crippen LogP contribution in [0.2, 0.25) is 0 Å². The number of amides is 1. The molecule has 0 saturated carbocycles. The summed E-state index contributed by atoms with van der Waals surface area (Å²) in [5.41, 5.74) is 1.86. The minimum absolute atomic E-state index is 0.121. The van der Waals surface area contributed by atoms with Crippen LogP contribution >= 0.6 is 15.9 Å². The number of aromatic nitrogens is 1. The van der Waals surface area contributed by atoms with Crippen molar-refractivity contribution < 1.29 is 14.3 Å². The number of benzene rings is 1. The Kier molecular flexibility index (Phi) is 4.04. The third-order valence-electron chi connectivity index (χ3n) is 3.55. The first-order valence-corrected chi connectivity index (χ1v) is 7.60. The molecule has 2 heterocycles. The maximum Gasteiger partial charge on any atom is 0.287 e. The van der Waals surface area contributed by atoms with Crippen molar-refractivity contribution in [1.29, 1.82) is 0 Å². The molecule has 0 saturated heterocycles. The number of aliphatic hydroxyl groups excluding tert-OH is 1. The van der Waals surface area contributed by atoms with Crippen LogP contribution in [0.1, 0.15) is 22.2 Å². The molecule has 0 aliphatic carbocycles. The van der Waals surface area contributed by atoms with E-state index in [-0.39, 0.29) is 18.2 Å². The first-order valence-electron chi connectivity index (χ1n) is 6.81. The summed E-state index contributed by atoms with van der Waals surface area (Å²) in [6.45, 7) is 0.121. The van der Waals surface area contributed by atoms with E-state index in [4.69, 9.17) is 4.42 Å². The number of halogens is 1. The molecular formula is C16H15BrN2O3. The molecule has 6 heteroatoms. The summed E-state index contributed by atoms with van der Waals surface area (Å²) in [6, 6.07) is 11.0. The number of nitrogens with zero attached hydrogens (tertiary/aromatic N) is 1. The van der Waals surface area contributed by atoms with E-state index in [0.717, 1.165) is 16.5 Å². The number of carbonyl (C=O) groups is 1. The number of fused-ring (bicyclic) bond motifs is 1. The van der Waals surface area contributed by atoms with Gasteiger partial charge < -0.3 is 19.4 Å². The number of aryl methyl sites for hydroxylation is 1. The van der Waals surface area contributed by atoms with Crippen LogP contribution in [0.25, 0.3) is 10.9 Å². The van der Waals surface area contributed by atoms with Crippen LogP contribution in [0.5, 0.6) is 0 Å². The van der Waals surface area contributed by atoms with Gasteiger partial charge in [0.15, 0.2) is 10.4 Å². The van der Waals surface area contributed by atoms with Crippen molar-refractivity contribution in [2.24, 2.45) is 7.05 Å². The molecule has 0 unspecified atom stereocenters. The normalized spacial score (nSPS) is 12.5. The zero-order valence-electron chi connectivity index (χ0n) is 11.9. The van der Waals surface area contributed by atoms with Gasteiger partial charge in [0.1, 0.15) is 0 Å². The molecule has 0 radical (unpaired) electrons. The number of nitrogens with one attached hydrogen (secondary N) is 1. The van der Waals surface area contributed by atoms with Crippen molar-refractivity contribution >= 4 is 32.7 Å². The van der Waals surface area contributed by atoms with Crippen LogP contribution in [0, 0.1) is 0 Å². The van der Waals surface area contributed by atoms with E-state index in [1.54, 1.807) is 12.1 Å². The first-order chi connectivity index (χ1) is 10.5. The molecule has 3 aromatic rings. The predicted molar refractivity (Wildman–Crippen MR) is 86.6 cm³/mol. The Labute approximate surface area is 135 Å². The molecule has 1 amide bonds. The summed E-state index contributed by atoms with van der Waals surface area (Å²) in [6.07, 6.45) is 1.20. The van der Waals surface area contributed by atoms with Crippen LogP contribution < -0.4 is 5.32 Å². The highest BCUT2D eigenvalue weighted by Gasteiger charge is 2.14. The molecule has 3 rings (SSSR count). The van der Waals surface area contributed by atoms with Crippen molar-refractivity contribution in [3.8, 4) is 0 Å². The number of carbonyl (C=O) groups excluding carboxylic acids is 1. The highest BCUT2D eigenvalue weighted by atomic mass is 79.9. The molecule has 2 N–H and O–H groups in total. The lowest BCUT2D eigenvalue weighted by Crippen LogP contribution is -2.28. The number of hydrogen-bond donors (Lipinski definition) is 2. The molecule has 0 aliphatic heterocycles. The van der Waals surface area contributed by atoms with Gasteiger partial charge in [-0.25, -0.2) is 0 Å². The van der Waals surface area contributed by atoms with Crippen molar-refractivity contribution in [3.05, 3.63) is 58.6 Å². The SMILES string of the molecule is Cn1ccc2cc([C@@H](O)CNC(=O)c3ccc(Br)o3)ccc21. The number of aliphatic hydroxyl groups is 1. The van der Waals surface area contributed by atoms with E-state index in [1.165, 1.54) is 0 Å². The lowest BCUT2D eigenvalue weighted by atomic mass is 10.1. The zero-order valence-corrected chi connectivity index (χ0v) is 13.5. The first kappa shape index (κ1) is 14.9. The fraction of sp³-hybridized carbons (Fsp3) is 0.188. The Balaban J connectivity index is 1.67. The van der Waals surface area contributed by atoms with Gasteiger partial charge in [0.25, 0.3) is 5.91 Å². The standard InChI is InChI=1S/C16H15BrN2O3/c1-19-7-6-10-8-11(2-3-12(10)19)13(20)9-18-16(21)14-4-5-15(17)22-14/h2-8,13,20H,9H2,1H3,(H,18,21)/t13-/m0/s1. The average Bonchev–Trinajstić information content (AvgIpc) is 3.11. The van der Waals surface area contributed by atoms with Crippen LogP contribution in [-0.2, 0) is 7.05 Å². The number of hydrogen-bond acceptors (Lipinski definition) is 3. The van der Waals surface area contributed by atoms with Crippen molar-refractivity contribution in [2.45, 2.75) is 6.10 Å². The van der Waals surface area contributed by atoms with Crippen LogP contribution in [0.3, 0.4) is 0 Å². The molecule has 0 aliphatic rings. The Morgan fingerprint density at radius 2 is 2.18 bits per heavy atom. The van der Waals surface area contributed by atoms with Crippen molar-refractivity contribution in [2.75, 3.05) is 6.54 Å². The zero-order chi connectivity index (χ0) is 15.7. The van der Waals surface area contributed by atoms with E-state index < -0.39 is 6.10 Å². The lowest BCUT2D eigenvalue weighted by molar-refractivity contribution is 0.0888. The fourth-order valence-electron chi connectivity index (χ4n) is 2.34. The van der Waals surface area contributed by atoms with Crippen LogP contribution in [0.4, 0.5) is 0 Å². The number of furan rings is 1. The fourth-order valence-corrected chi connectivity index (χ4v) is 2.64. The smallest absolute Gasteiger partial charge is 0.287 e. The summed E-state index contributed by atoms with van der Waals surface area (Å²) >= 11 is 3.14. The molecule has 1 aromatic carbocycles. The van der Waals surface area contributed by atoms with E-state index in [2.05, 4.69) is 21.2 Å². The van der Waals surface area contributed by atoms with Gasteiger partial charge in [-0.2, -0.15) is 0 Å². The molecule has 22 heavy (non-hydrogen) atoms. The largest absolute Gasteiger partial charge is 0.444 e. The Hall–Kier alpha value is -2.05. The lowest BCUT2D eigenvalue weighted by Gasteiger charge is -2.12. The van der Waals surface area contributed by atoms with Gasteiger partial charge in [-0.3, -0.25) is 4.79 Å². The maximum atomic E-state index is 11.9. The Morgan fingerprint density at radius 3 is 2.91 bits per heavy atom. The second-order valence-electron chi connectivity index (χ2n) is 5.07. The third kappa shape index (κ3) is 2.93. The summed E-state index contributed by atoms with van der Waals surface area (Å²) < 4.78 is 7.67. The Morgan fingerprint density at radius 1 is 1.36 bits per heavy atom. The quantitative estimate of drug-likeness (QED) is 0.749. The van der Waals surface area contributed by atoms with Gasteiger partial charge in [0.2, 0.25) is 0 Å². The van der Waals surface area contributed by atoms with Gasteiger partial charge in [-0.15, -0.1) is 0 Å². The summed E-state index contributed by atoms with van der Waals surface area (Å²) in [5, 5.41) is 13.9. The van der Waals surface area contributed by atoms with Gasteiger partial charge in [-0.05, 0) is 57.2 Å². The minimum atomic E-state index is -0.771. The Bertz CT molecular complexity index is 822. The van der Waals surface area contributed by atoms with Gasteiger partial charge >= 0.3 is 0 Å². The van der Waals surface area contributed by atoms with Gasteiger partial charge in [0, 0.05) is 25.3 Å². The van der Waals surface area contributed by atoms with E-state index >= 15 is 0 Å². The molecule has 0 fully saturated rings. The van der Waals surface area contributed by atoms with Crippen LogP contribution in [-0.4, -0.2) is 22.1 Å². The van der Waals surface area contributed by atoms with E-state index in [0.29, 0.717) is 4.67 Å². The third-order valence-corrected chi connectivity index (χ3v) is 3.97. The highest BCUT2D eigenvalue weighted by molar-refractivity contribution is 9.10. The second kappa shape index (κ2) is 5.98. The van der Waals surface area contributed by atoms with Crippen molar-refractivity contribution in [1.82, 2.24) is 9.88 Å². The molecular weight excluding hydrogens is 348 g/mol. The van der Waals surface area contributed by atoms with Crippen LogP contribution in [0.15, 0.2) is 51.7 Å². The van der Waals surface area contributed by atoms with E-state index in [1.807, 2.05) is 42.1 Å². The summed E-state index contributed by atoms with van der Waals surface area (Å²) in [4.78, 5) is 11.9. The predicted octanol–water partition coefficient (Wildman–Crippen LogP) is 3.00. The van der Waals surface area contributed by atoms with E-state index in [9.17, 15) is 9.90 Å². The molecule has 0 bridgehead atoms. The van der Waals surface area contributed by atoms with Gasteiger partial charge in [0.05, 0.1) is 6.10 Å². The summed E-state index contributed by atoms with van der Waals surface area (Å²) in [5.74, 6) is -0.150. The monoisotopic (exact) mass is 362 g/mol. The molecule has 1 atom stereocenters. The summed E-state index contributed by atoms with van der Waals surface area (Å²) in [7, 11) is 1.97. The minimum Gasteiger partial charge on any atom is -0.444 e.